The van der Waals surface area contributed by atoms with Gasteiger partial charge in [-0.25, -0.2) is 4.39 Å². The van der Waals surface area contributed by atoms with Crippen LogP contribution >= 0.6 is 0 Å². The van der Waals surface area contributed by atoms with Gasteiger partial charge in [0.1, 0.15) is 11.6 Å². The zero-order valence-corrected chi connectivity index (χ0v) is 10.1. The van der Waals surface area contributed by atoms with Gasteiger partial charge < -0.3 is 10.4 Å². The number of halogens is 1. The standard InChI is InChI=1S/C13H16FNO3/c1-9(16)12(8-13(17)18)15-7-6-10-2-4-11(14)5-3-10/h2-5,12,15H,6-8H2,1H3,(H,17,18). The second-order valence-electron chi connectivity index (χ2n) is 4.09. The van der Waals surface area contributed by atoms with E-state index < -0.39 is 12.0 Å². The smallest absolute Gasteiger partial charge is 0.305 e. The molecule has 0 aliphatic carbocycles. The summed E-state index contributed by atoms with van der Waals surface area (Å²) >= 11 is 0. The van der Waals surface area contributed by atoms with Crippen molar-refractivity contribution in [2.45, 2.75) is 25.8 Å². The van der Waals surface area contributed by atoms with E-state index in [2.05, 4.69) is 5.32 Å². The van der Waals surface area contributed by atoms with Crippen LogP contribution in [0.3, 0.4) is 0 Å². The van der Waals surface area contributed by atoms with Gasteiger partial charge in [0.05, 0.1) is 12.5 Å². The van der Waals surface area contributed by atoms with Gasteiger partial charge in [-0.15, -0.1) is 0 Å². The number of carboxylic acid groups (broad SMARTS) is 1. The van der Waals surface area contributed by atoms with Gasteiger partial charge in [0.2, 0.25) is 0 Å². The summed E-state index contributed by atoms with van der Waals surface area (Å²) in [7, 11) is 0. The number of Topliss-reactive ketones (excluding diaryl/α,β-unsaturated/α-hetero) is 1. The van der Waals surface area contributed by atoms with E-state index in [1.807, 2.05) is 0 Å². The van der Waals surface area contributed by atoms with Gasteiger partial charge >= 0.3 is 5.97 Å². The Morgan fingerprint density at radius 3 is 2.44 bits per heavy atom. The number of aliphatic carboxylic acids is 1. The molecular formula is C13H16FNO3. The van der Waals surface area contributed by atoms with Crippen molar-refractivity contribution in [3.05, 3.63) is 35.6 Å². The lowest BCUT2D eigenvalue weighted by Gasteiger charge is -2.13. The average molecular weight is 253 g/mol. The molecule has 0 aliphatic heterocycles. The lowest BCUT2D eigenvalue weighted by atomic mass is 10.1. The maximum Gasteiger partial charge on any atom is 0.305 e. The first-order valence-electron chi connectivity index (χ1n) is 5.69. The molecule has 0 aliphatic rings. The number of nitrogens with one attached hydrogen (secondary N) is 1. The monoisotopic (exact) mass is 253 g/mol. The summed E-state index contributed by atoms with van der Waals surface area (Å²) in [5.74, 6) is -1.50. The van der Waals surface area contributed by atoms with Crippen molar-refractivity contribution in [2.24, 2.45) is 0 Å². The van der Waals surface area contributed by atoms with E-state index >= 15 is 0 Å². The maximum absolute atomic E-state index is 12.7. The predicted molar refractivity (Wildman–Crippen MR) is 64.8 cm³/mol. The van der Waals surface area contributed by atoms with Gasteiger partial charge in [-0.05, 0) is 37.6 Å². The third-order valence-corrected chi connectivity index (χ3v) is 2.59. The molecule has 1 rings (SSSR count). The van der Waals surface area contributed by atoms with Crippen molar-refractivity contribution in [1.29, 1.82) is 0 Å². The zero-order valence-electron chi connectivity index (χ0n) is 10.1. The van der Waals surface area contributed by atoms with Crippen molar-refractivity contribution in [2.75, 3.05) is 6.54 Å². The number of hydrogen-bond acceptors (Lipinski definition) is 3. The van der Waals surface area contributed by atoms with Crippen molar-refractivity contribution in [3.8, 4) is 0 Å². The Kier molecular flexibility index (Phi) is 5.45. The highest BCUT2D eigenvalue weighted by Gasteiger charge is 2.16. The van der Waals surface area contributed by atoms with E-state index in [4.69, 9.17) is 5.11 Å². The van der Waals surface area contributed by atoms with Crippen LogP contribution in [0.1, 0.15) is 18.9 Å². The number of ketones is 1. The molecule has 0 bridgehead atoms. The largest absolute Gasteiger partial charge is 0.481 e. The molecular weight excluding hydrogens is 237 g/mol. The second kappa shape index (κ2) is 6.86. The topological polar surface area (TPSA) is 66.4 Å². The van der Waals surface area contributed by atoms with Crippen LogP contribution in [0.25, 0.3) is 0 Å². The molecule has 1 atom stereocenters. The summed E-state index contributed by atoms with van der Waals surface area (Å²) in [5, 5.41) is 11.5. The SMILES string of the molecule is CC(=O)C(CC(=O)O)NCCc1ccc(F)cc1. The quantitative estimate of drug-likeness (QED) is 0.770. The fourth-order valence-corrected chi connectivity index (χ4v) is 1.58. The normalized spacial score (nSPS) is 12.1. The highest BCUT2D eigenvalue weighted by Crippen LogP contribution is 2.03. The minimum atomic E-state index is -1.01. The molecule has 18 heavy (non-hydrogen) atoms. The number of benzene rings is 1. The molecule has 1 aromatic carbocycles. The fourth-order valence-electron chi connectivity index (χ4n) is 1.58. The molecule has 98 valence electrons. The summed E-state index contributed by atoms with van der Waals surface area (Å²) in [6, 6.07) is 5.40. The Labute approximate surface area is 105 Å². The molecule has 0 saturated carbocycles. The van der Waals surface area contributed by atoms with E-state index in [1.165, 1.54) is 19.1 Å². The predicted octanol–water partition coefficient (Wildman–Crippen LogP) is 1.39. The number of carbonyl (C=O) groups is 2. The van der Waals surface area contributed by atoms with Crippen LogP contribution in [0.5, 0.6) is 0 Å². The first kappa shape index (κ1) is 14.3. The summed E-state index contributed by atoms with van der Waals surface area (Å²) in [5.41, 5.74) is 0.932. The lowest BCUT2D eigenvalue weighted by Crippen LogP contribution is -2.38. The number of carbonyl (C=O) groups excluding carboxylic acids is 1. The Bertz CT molecular complexity index is 417. The molecule has 0 fully saturated rings. The third-order valence-electron chi connectivity index (χ3n) is 2.59. The Morgan fingerprint density at radius 2 is 1.94 bits per heavy atom. The van der Waals surface area contributed by atoms with Gasteiger partial charge in [0.25, 0.3) is 0 Å². The van der Waals surface area contributed by atoms with Gasteiger partial charge in [-0.2, -0.15) is 0 Å². The molecule has 0 aromatic heterocycles. The second-order valence-corrected chi connectivity index (χ2v) is 4.09. The minimum absolute atomic E-state index is 0.198. The van der Waals surface area contributed by atoms with E-state index in [0.717, 1.165) is 5.56 Å². The van der Waals surface area contributed by atoms with Gasteiger partial charge in [-0.1, -0.05) is 12.1 Å². The Morgan fingerprint density at radius 1 is 1.33 bits per heavy atom. The van der Waals surface area contributed by atoms with Crippen molar-refractivity contribution >= 4 is 11.8 Å². The maximum atomic E-state index is 12.7. The first-order valence-corrected chi connectivity index (χ1v) is 5.69. The third kappa shape index (κ3) is 5.05. The summed E-state index contributed by atoms with van der Waals surface area (Å²) < 4.78 is 12.7. The summed E-state index contributed by atoms with van der Waals surface area (Å²) in [4.78, 5) is 21.7. The highest BCUT2D eigenvalue weighted by atomic mass is 19.1. The van der Waals surface area contributed by atoms with Crippen LogP contribution in [0.15, 0.2) is 24.3 Å². The van der Waals surface area contributed by atoms with E-state index in [9.17, 15) is 14.0 Å². The average Bonchev–Trinajstić information content (AvgIpc) is 2.29. The van der Waals surface area contributed by atoms with Gasteiger partial charge in [0, 0.05) is 0 Å². The molecule has 2 N–H and O–H groups in total. The van der Waals surface area contributed by atoms with Gasteiger partial charge in [-0.3, -0.25) is 9.59 Å². The minimum Gasteiger partial charge on any atom is -0.481 e. The fraction of sp³-hybridized carbons (Fsp3) is 0.385. The van der Waals surface area contributed by atoms with E-state index in [-0.39, 0.29) is 18.0 Å². The van der Waals surface area contributed by atoms with E-state index in [1.54, 1.807) is 12.1 Å². The van der Waals surface area contributed by atoms with Crippen LogP contribution in [0, 0.1) is 5.82 Å². The van der Waals surface area contributed by atoms with Gasteiger partial charge in [0.15, 0.2) is 0 Å². The lowest BCUT2D eigenvalue weighted by molar-refractivity contribution is -0.139. The molecule has 1 unspecified atom stereocenters. The molecule has 1 aromatic rings. The molecule has 0 saturated heterocycles. The molecule has 4 nitrogen and oxygen atoms in total. The molecule has 0 amide bonds. The summed E-state index contributed by atoms with van der Waals surface area (Å²) in [6.45, 7) is 1.83. The van der Waals surface area contributed by atoms with Crippen molar-refractivity contribution in [3.63, 3.8) is 0 Å². The van der Waals surface area contributed by atoms with E-state index in [0.29, 0.717) is 13.0 Å². The van der Waals surface area contributed by atoms with Crippen molar-refractivity contribution in [1.82, 2.24) is 5.32 Å². The van der Waals surface area contributed by atoms with Crippen molar-refractivity contribution < 1.29 is 19.1 Å². The van der Waals surface area contributed by atoms with Crippen LogP contribution in [-0.2, 0) is 16.0 Å². The summed E-state index contributed by atoms with van der Waals surface area (Å²) in [6.07, 6.45) is 0.391. The van der Waals surface area contributed by atoms with Crippen LogP contribution in [-0.4, -0.2) is 29.4 Å². The molecule has 0 heterocycles. The number of hydrogen-bond donors (Lipinski definition) is 2. The highest BCUT2D eigenvalue weighted by molar-refractivity contribution is 5.85. The van der Waals surface area contributed by atoms with Crippen LogP contribution < -0.4 is 5.32 Å². The molecule has 0 radical (unpaired) electrons. The number of carboxylic acids is 1. The molecule has 5 heteroatoms. The molecule has 0 spiro atoms. The number of rotatable bonds is 7. The first-order chi connectivity index (χ1) is 8.49. The van der Waals surface area contributed by atoms with Crippen LogP contribution in [0.2, 0.25) is 0 Å². The Balaban J connectivity index is 2.41. The van der Waals surface area contributed by atoms with Crippen LogP contribution in [0.4, 0.5) is 4.39 Å². The zero-order chi connectivity index (χ0) is 13.5. The Hall–Kier alpha value is -1.75.